The van der Waals surface area contributed by atoms with Crippen molar-refractivity contribution in [2.45, 2.75) is 13.5 Å². The number of rotatable bonds is 8. The molecule has 0 aliphatic rings. The fourth-order valence-corrected chi connectivity index (χ4v) is 3.22. The monoisotopic (exact) mass is 375 g/mol. The second kappa shape index (κ2) is 9.72. The summed E-state index contributed by atoms with van der Waals surface area (Å²) in [6.07, 6.45) is 0. The van der Waals surface area contributed by atoms with Gasteiger partial charge in [-0.3, -0.25) is 4.79 Å². The average molecular weight is 375 g/mol. The maximum Gasteiger partial charge on any atom is 0.279 e. The van der Waals surface area contributed by atoms with Crippen LogP contribution < -0.4 is 15.0 Å². The topological polar surface area (TPSA) is 42.8 Å². The maximum absolute atomic E-state index is 12.5. The minimum absolute atomic E-state index is 0.0118. The largest absolute Gasteiger partial charge is 0.495 e. The van der Waals surface area contributed by atoms with Crippen LogP contribution >= 0.6 is 0 Å². The zero-order valence-corrected chi connectivity index (χ0v) is 16.4. The molecule has 3 aromatic carbocycles. The third-order valence-corrected chi connectivity index (χ3v) is 4.81. The molecular formula is C24H27N2O2+. The van der Waals surface area contributed by atoms with Gasteiger partial charge in [-0.25, -0.2) is 0 Å². The number of hydrogen-bond donors (Lipinski definition) is 2. The summed E-state index contributed by atoms with van der Waals surface area (Å²) < 4.78 is 5.30. The van der Waals surface area contributed by atoms with Crippen LogP contribution in [0.1, 0.15) is 12.5 Å². The predicted molar refractivity (Wildman–Crippen MR) is 114 cm³/mol. The van der Waals surface area contributed by atoms with Gasteiger partial charge in [-0.15, -0.1) is 0 Å². The molecule has 3 aromatic rings. The van der Waals surface area contributed by atoms with Crippen LogP contribution in [0.25, 0.3) is 11.1 Å². The number of para-hydroxylation sites is 2. The number of nitrogens with one attached hydrogen (secondary N) is 2. The smallest absolute Gasteiger partial charge is 0.279 e. The average Bonchev–Trinajstić information content (AvgIpc) is 2.74. The number of methoxy groups -OCH3 is 1. The molecule has 1 amide bonds. The molecule has 2 N–H and O–H groups in total. The van der Waals surface area contributed by atoms with E-state index in [1.165, 1.54) is 21.6 Å². The Labute approximate surface area is 166 Å². The Bertz CT molecular complexity index is 892. The highest BCUT2D eigenvalue weighted by atomic mass is 16.5. The minimum atomic E-state index is -0.0118. The number of carbonyl (C=O) groups excluding carboxylic acids is 1. The lowest BCUT2D eigenvalue weighted by Gasteiger charge is -2.18. The van der Waals surface area contributed by atoms with Crippen LogP contribution in [-0.2, 0) is 11.3 Å². The van der Waals surface area contributed by atoms with E-state index in [0.29, 0.717) is 18.0 Å². The number of anilines is 1. The number of likely N-dealkylation sites (N-methyl/N-ethyl adjacent to an activating group) is 1. The second-order valence-electron chi connectivity index (χ2n) is 6.77. The van der Waals surface area contributed by atoms with Crippen LogP contribution in [0.15, 0.2) is 78.9 Å². The lowest BCUT2D eigenvalue weighted by atomic mass is 10.0. The van der Waals surface area contributed by atoms with Gasteiger partial charge in [-0.05, 0) is 30.2 Å². The van der Waals surface area contributed by atoms with Gasteiger partial charge < -0.3 is 15.0 Å². The zero-order chi connectivity index (χ0) is 19.8. The predicted octanol–water partition coefficient (Wildman–Crippen LogP) is 3.41. The summed E-state index contributed by atoms with van der Waals surface area (Å²) in [4.78, 5) is 13.7. The van der Waals surface area contributed by atoms with E-state index in [4.69, 9.17) is 4.74 Å². The van der Waals surface area contributed by atoms with E-state index >= 15 is 0 Å². The SMILES string of the molecule is CC[NH+](CC(=O)Nc1ccccc1OC)Cc1ccc(-c2ccccc2)cc1. The van der Waals surface area contributed by atoms with Gasteiger partial charge in [0.15, 0.2) is 6.54 Å². The molecule has 0 fully saturated rings. The van der Waals surface area contributed by atoms with Crippen molar-refractivity contribution in [3.05, 3.63) is 84.4 Å². The molecule has 4 heteroatoms. The summed E-state index contributed by atoms with van der Waals surface area (Å²) in [5.74, 6) is 0.660. The Hall–Kier alpha value is -3.11. The van der Waals surface area contributed by atoms with Crippen molar-refractivity contribution in [3.8, 4) is 16.9 Å². The minimum Gasteiger partial charge on any atom is -0.495 e. The first kappa shape index (κ1) is 19.6. The molecule has 28 heavy (non-hydrogen) atoms. The fraction of sp³-hybridized carbons (Fsp3) is 0.208. The van der Waals surface area contributed by atoms with E-state index in [9.17, 15) is 4.79 Å². The molecule has 1 unspecified atom stereocenters. The first-order valence-corrected chi connectivity index (χ1v) is 9.60. The highest BCUT2D eigenvalue weighted by Crippen LogP contribution is 2.22. The van der Waals surface area contributed by atoms with Gasteiger partial charge in [-0.2, -0.15) is 0 Å². The first-order chi connectivity index (χ1) is 13.7. The van der Waals surface area contributed by atoms with E-state index in [1.54, 1.807) is 7.11 Å². The van der Waals surface area contributed by atoms with Crippen molar-refractivity contribution < 1.29 is 14.4 Å². The van der Waals surface area contributed by atoms with Crippen LogP contribution in [-0.4, -0.2) is 26.1 Å². The number of benzene rings is 3. The van der Waals surface area contributed by atoms with Crippen LogP contribution in [0.4, 0.5) is 5.69 Å². The highest BCUT2D eigenvalue weighted by Gasteiger charge is 2.15. The van der Waals surface area contributed by atoms with Crippen LogP contribution in [0.2, 0.25) is 0 Å². The molecule has 0 bridgehead atoms. The van der Waals surface area contributed by atoms with E-state index in [0.717, 1.165) is 13.1 Å². The summed E-state index contributed by atoms with van der Waals surface area (Å²) in [7, 11) is 1.60. The Kier molecular flexibility index (Phi) is 6.82. The highest BCUT2D eigenvalue weighted by molar-refractivity contribution is 5.92. The molecule has 0 aliphatic heterocycles. The molecule has 0 saturated carbocycles. The Morgan fingerprint density at radius 3 is 2.21 bits per heavy atom. The summed E-state index contributed by atoms with van der Waals surface area (Å²) in [5.41, 5.74) is 4.35. The quantitative estimate of drug-likeness (QED) is 0.634. The van der Waals surface area contributed by atoms with Crippen LogP contribution in [0.5, 0.6) is 5.75 Å². The summed E-state index contributed by atoms with van der Waals surface area (Å²) in [6, 6.07) is 26.4. The van der Waals surface area contributed by atoms with Gasteiger partial charge in [0.05, 0.1) is 19.3 Å². The Morgan fingerprint density at radius 1 is 0.893 bits per heavy atom. The molecule has 4 nitrogen and oxygen atoms in total. The molecule has 0 aliphatic carbocycles. The van der Waals surface area contributed by atoms with Crippen molar-refractivity contribution in [1.82, 2.24) is 0 Å². The van der Waals surface area contributed by atoms with Crippen LogP contribution in [0, 0.1) is 0 Å². The van der Waals surface area contributed by atoms with E-state index in [1.807, 2.05) is 42.5 Å². The van der Waals surface area contributed by atoms with Crippen molar-refractivity contribution in [2.24, 2.45) is 0 Å². The van der Waals surface area contributed by atoms with Gasteiger partial charge in [0.2, 0.25) is 0 Å². The van der Waals surface area contributed by atoms with Crippen molar-refractivity contribution in [1.29, 1.82) is 0 Å². The standard InChI is InChI=1S/C24H26N2O2/c1-3-26(18-24(27)25-22-11-7-8-12-23(22)28-2)17-19-13-15-21(16-14-19)20-9-5-4-6-10-20/h4-16H,3,17-18H2,1-2H3,(H,25,27)/p+1. The van der Waals surface area contributed by atoms with Gasteiger partial charge >= 0.3 is 0 Å². The summed E-state index contributed by atoms with van der Waals surface area (Å²) in [6.45, 7) is 4.20. The number of carbonyl (C=O) groups is 1. The lowest BCUT2D eigenvalue weighted by molar-refractivity contribution is -0.903. The molecular weight excluding hydrogens is 348 g/mol. The van der Waals surface area contributed by atoms with Gasteiger partial charge in [-0.1, -0.05) is 66.7 Å². The lowest BCUT2D eigenvalue weighted by Crippen LogP contribution is -3.11. The van der Waals surface area contributed by atoms with Gasteiger partial charge in [0.25, 0.3) is 5.91 Å². The third kappa shape index (κ3) is 5.21. The number of hydrogen-bond acceptors (Lipinski definition) is 2. The maximum atomic E-state index is 12.5. The third-order valence-electron chi connectivity index (χ3n) is 4.81. The van der Waals surface area contributed by atoms with Crippen molar-refractivity contribution in [2.75, 3.05) is 25.5 Å². The number of ether oxygens (including phenoxy) is 1. The molecule has 0 radical (unpaired) electrons. The van der Waals surface area contributed by atoms with E-state index in [-0.39, 0.29) is 5.91 Å². The van der Waals surface area contributed by atoms with Gasteiger partial charge in [0.1, 0.15) is 12.3 Å². The number of amides is 1. The molecule has 0 saturated heterocycles. The molecule has 0 spiro atoms. The fourth-order valence-electron chi connectivity index (χ4n) is 3.22. The Morgan fingerprint density at radius 2 is 1.54 bits per heavy atom. The van der Waals surface area contributed by atoms with Crippen molar-refractivity contribution >= 4 is 11.6 Å². The normalized spacial score (nSPS) is 11.6. The number of quaternary nitrogens is 1. The van der Waals surface area contributed by atoms with Crippen molar-refractivity contribution in [3.63, 3.8) is 0 Å². The van der Waals surface area contributed by atoms with E-state index in [2.05, 4.69) is 48.6 Å². The van der Waals surface area contributed by atoms with E-state index < -0.39 is 0 Å². The van der Waals surface area contributed by atoms with Gasteiger partial charge in [0, 0.05) is 5.56 Å². The molecule has 3 rings (SSSR count). The molecule has 1 atom stereocenters. The van der Waals surface area contributed by atoms with Crippen LogP contribution in [0.3, 0.4) is 0 Å². The Balaban J connectivity index is 1.60. The molecule has 0 aromatic heterocycles. The second-order valence-corrected chi connectivity index (χ2v) is 6.77. The summed E-state index contributed by atoms with van der Waals surface area (Å²) in [5, 5.41) is 2.96. The zero-order valence-electron chi connectivity index (χ0n) is 16.4. The summed E-state index contributed by atoms with van der Waals surface area (Å²) >= 11 is 0. The molecule has 0 heterocycles. The molecule has 144 valence electrons. The first-order valence-electron chi connectivity index (χ1n) is 9.60.